The number of benzene rings is 1. The van der Waals surface area contributed by atoms with E-state index in [0.717, 1.165) is 24.2 Å². The number of ether oxygens (including phenoxy) is 1. The highest BCUT2D eigenvalue weighted by Gasteiger charge is 2.32. The molecule has 5 nitrogen and oxygen atoms in total. The Kier molecular flexibility index (Phi) is 3.48. The first-order valence-electron chi connectivity index (χ1n) is 7.00. The van der Waals surface area contributed by atoms with Gasteiger partial charge in [-0.25, -0.2) is 8.42 Å². The van der Waals surface area contributed by atoms with Gasteiger partial charge in [-0.2, -0.15) is 4.31 Å². The van der Waals surface area contributed by atoms with Crippen molar-refractivity contribution in [3.05, 3.63) is 23.8 Å². The summed E-state index contributed by atoms with van der Waals surface area (Å²) in [6, 6.07) is 5.16. The Labute approximate surface area is 119 Å². The van der Waals surface area contributed by atoms with Gasteiger partial charge in [0.15, 0.2) is 0 Å². The van der Waals surface area contributed by atoms with E-state index in [9.17, 15) is 8.42 Å². The lowest BCUT2D eigenvalue weighted by molar-refractivity contribution is 0.254. The van der Waals surface area contributed by atoms with Crippen LogP contribution in [0.25, 0.3) is 0 Å². The molecular weight excluding hydrogens is 276 g/mol. The third-order valence-electron chi connectivity index (χ3n) is 4.09. The van der Waals surface area contributed by atoms with E-state index in [-0.39, 0.29) is 12.0 Å². The van der Waals surface area contributed by atoms with E-state index < -0.39 is 10.0 Å². The summed E-state index contributed by atoms with van der Waals surface area (Å²) in [6.07, 6.45) is 1.74. The van der Waals surface area contributed by atoms with Gasteiger partial charge in [-0.15, -0.1) is 0 Å². The molecule has 20 heavy (non-hydrogen) atoms. The topological polar surface area (TPSA) is 72.6 Å². The van der Waals surface area contributed by atoms with Crippen molar-refractivity contribution < 1.29 is 13.2 Å². The molecule has 1 aromatic rings. The lowest BCUT2D eigenvalue weighted by Crippen LogP contribution is -2.30. The molecular formula is C14H20N2O3S. The molecule has 3 rings (SSSR count). The largest absolute Gasteiger partial charge is 0.490 e. The van der Waals surface area contributed by atoms with Gasteiger partial charge >= 0.3 is 0 Å². The van der Waals surface area contributed by atoms with Crippen LogP contribution < -0.4 is 10.5 Å². The average molecular weight is 296 g/mol. The van der Waals surface area contributed by atoms with Crippen molar-refractivity contribution in [2.45, 2.75) is 30.8 Å². The molecule has 110 valence electrons. The summed E-state index contributed by atoms with van der Waals surface area (Å²) in [4.78, 5) is 0.367. The Morgan fingerprint density at radius 1 is 1.45 bits per heavy atom. The van der Waals surface area contributed by atoms with Crippen LogP contribution in [-0.2, 0) is 16.4 Å². The number of nitrogens with two attached hydrogens (primary N) is 1. The third-order valence-corrected chi connectivity index (χ3v) is 5.95. The van der Waals surface area contributed by atoms with E-state index in [1.54, 1.807) is 22.5 Å². The number of hydrogen-bond donors (Lipinski definition) is 1. The summed E-state index contributed by atoms with van der Waals surface area (Å²) >= 11 is 0. The highest BCUT2D eigenvalue weighted by Crippen LogP contribution is 2.32. The van der Waals surface area contributed by atoms with E-state index in [1.807, 2.05) is 6.92 Å². The minimum Gasteiger partial charge on any atom is -0.490 e. The molecule has 2 aliphatic heterocycles. The average Bonchev–Trinajstić information content (AvgIpc) is 3.02. The van der Waals surface area contributed by atoms with Gasteiger partial charge in [-0.1, -0.05) is 0 Å². The third kappa shape index (κ3) is 2.32. The lowest BCUT2D eigenvalue weighted by atomic mass is 10.1. The Morgan fingerprint density at radius 3 is 2.95 bits per heavy atom. The highest BCUT2D eigenvalue weighted by molar-refractivity contribution is 7.89. The van der Waals surface area contributed by atoms with Crippen molar-refractivity contribution in [3.63, 3.8) is 0 Å². The van der Waals surface area contributed by atoms with Crippen LogP contribution in [-0.4, -0.2) is 38.5 Å². The van der Waals surface area contributed by atoms with Gasteiger partial charge in [0.2, 0.25) is 10.0 Å². The van der Waals surface area contributed by atoms with Crippen LogP contribution in [0.4, 0.5) is 0 Å². The predicted molar refractivity (Wildman–Crippen MR) is 76.2 cm³/mol. The van der Waals surface area contributed by atoms with Crippen LogP contribution in [0.3, 0.4) is 0 Å². The Balaban J connectivity index is 1.87. The van der Waals surface area contributed by atoms with Gasteiger partial charge in [0.1, 0.15) is 11.9 Å². The molecule has 0 aliphatic carbocycles. The quantitative estimate of drug-likeness (QED) is 0.902. The summed E-state index contributed by atoms with van der Waals surface area (Å²) in [5.74, 6) is 1.08. The van der Waals surface area contributed by atoms with Crippen molar-refractivity contribution in [2.75, 3.05) is 19.6 Å². The molecule has 1 fully saturated rings. The lowest BCUT2D eigenvalue weighted by Gasteiger charge is -2.16. The smallest absolute Gasteiger partial charge is 0.243 e. The van der Waals surface area contributed by atoms with Gasteiger partial charge in [-0.05, 0) is 49.6 Å². The Hall–Kier alpha value is -1.11. The fraction of sp³-hybridized carbons (Fsp3) is 0.571. The number of hydrogen-bond acceptors (Lipinski definition) is 4. The zero-order chi connectivity index (χ0) is 14.3. The number of sulfonamides is 1. The van der Waals surface area contributed by atoms with Crippen LogP contribution in [0, 0.1) is 5.92 Å². The van der Waals surface area contributed by atoms with Crippen LogP contribution >= 0.6 is 0 Å². The van der Waals surface area contributed by atoms with E-state index in [0.29, 0.717) is 24.5 Å². The number of fused-ring (bicyclic) bond motifs is 1. The van der Waals surface area contributed by atoms with E-state index in [2.05, 4.69) is 0 Å². The monoisotopic (exact) mass is 296 g/mol. The fourth-order valence-corrected chi connectivity index (χ4v) is 4.50. The van der Waals surface area contributed by atoms with Crippen LogP contribution in [0.1, 0.15) is 18.9 Å². The summed E-state index contributed by atoms with van der Waals surface area (Å²) in [7, 11) is -3.40. The van der Waals surface area contributed by atoms with Crippen LogP contribution in [0.15, 0.2) is 23.1 Å². The molecule has 1 saturated heterocycles. The summed E-state index contributed by atoms with van der Waals surface area (Å²) < 4.78 is 32.4. The first-order chi connectivity index (χ1) is 9.50. The van der Waals surface area contributed by atoms with E-state index in [1.165, 1.54) is 0 Å². The SMILES string of the molecule is CC1Cc2cc(S(=O)(=O)N3CCC(CN)C3)ccc2O1. The van der Waals surface area contributed by atoms with Gasteiger partial charge in [0, 0.05) is 19.5 Å². The molecule has 0 radical (unpaired) electrons. The maximum atomic E-state index is 12.6. The van der Waals surface area contributed by atoms with Gasteiger partial charge in [0.05, 0.1) is 4.90 Å². The number of nitrogens with zero attached hydrogens (tertiary/aromatic N) is 1. The Bertz CT molecular complexity index is 615. The molecule has 0 aromatic heterocycles. The highest BCUT2D eigenvalue weighted by atomic mass is 32.2. The first kappa shape index (κ1) is 13.9. The molecule has 0 spiro atoms. The first-order valence-corrected chi connectivity index (χ1v) is 8.44. The summed E-state index contributed by atoms with van der Waals surface area (Å²) in [6.45, 7) is 3.62. The maximum Gasteiger partial charge on any atom is 0.243 e. The van der Waals surface area contributed by atoms with Crippen LogP contribution in [0.5, 0.6) is 5.75 Å². The van der Waals surface area contributed by atoms with E-state index >= 15 is 0 Å². The van der Waals surface area contributed by atoms with Crippen molar-refractivity contribution in [1.82, 2.24) is 4.31 Å². The molecule has 2 unspecified atom stereocenters. The van der Waals surface area contributed by atoms with Crippen molar-refractivity contribution in [1.29, 1.82) is 0 Å². The molecule has 1 aromatic carbocycles. The molecule has 0 amide bonds. The van der Waals surface area contributed by atoms with Gasteiger partial charge in [-0.3, -0.25) is 0 Å². The molecule has 2 N–H and O–H groups in total. The van der Waals surface area contributed by atoms with Gasteiger partial charge in [0.25, 0.3) is 0 Å². The molecule has 2 atom stereocenters. The van der Waals surface area contributed by atoms with Crippen molar-refractivity contribution in [3.8, 4) is 5.75 Å². The minimum absolute atomic E-state index is 0.122. The molecule has 0 saturated carbocycles. The van der Waals surface area contributed by atoms with Crippen molar-refractivity contribution >= 4 is 10.0 Å². The maximum absolute atomic E-state index is 12.6. The molecule has 2 aliphatic rings. The zero-order valence-electron chi connectivity index (χ0n) is 11.6. The predicted octanol–water partition coefficient (Wildman–Crippen LogP) is 0.979. The zero-order valence-corrected chi connectivity index (χ0v) is 12.4. The van der Waals surface area contributed by atoms with E-state index in [4.69, 9.17) is 10.5 Å². The minimum atomic E-state index is -3.40. The fourth-order valence-electron chi connectivity index (χ4n) is 2.92. The summed E-state index contributed by atoms with van der Waals surface area (Å²) in [5.41, 5.74) is 6.61. The molecule has 6 heteroatoms. The second-order valence-electron chi connectivity index (χ2n) is 5.66. The second kappa shape index (κ2) is 5.02. The normalized spacial score (nSPS) is 26.5. The Morgan fingerprint density at radius 2 is 2.25 bits per heavy atom. The summed E-state index contributed by atoms with van der Waals surface area (Å²) in [5, 5.41) is 0. The van der Waals surface area contributed by atoms with Gasteiger partial charge < -0.3 is 10.5 Å². The number of rotatable bonds is 3. The second-order valence-corrected chi connectivity index (χ2v) is 7.59. The van der Waals surface area contributed by atoms with Crippen LogP contribution in [0.2, 0.25) is 0 Å². The molecule has 2 heterocycles. The van der Waals surface area contributed by atoms with Crippen molar-refractivity contribution in [2.24, 2.45) is 11.7 Å². The molecule has 0 bridgehead atoms. The standard InChI is InChI=1S/C14H20N2O3S/c1-10-6-12-7-13(2-3-14(12)19-10)20(17,18)16-5-4-11(8-15)9-16/h2-3,7,10-11H,4-6,8-9,15H2,1H3.